The quantitative estimate of drug-likeness (QED) is 0.564. The van der Waals surface area contributed by atoms with Gasteiger partial charge in [0.1, 0.15) is 6.04 Å². The first-order valence-corrected chi connectivity index (χ1v) is 7.40. The minimum atomic E-state index is -0.989. The molecule has 1 unspecified atom stereocenters. The fourth-order valence-corrected chi connectivity index (χ4v) is 1.89. The Bertz CT molecular complexity index is 572. The second-order valence-electron chi connectivity index (χ2n) is 5.02. The molecule has 0 radical (unpaired) electrons. The van der Waals surface area contributed by atoms with Crippen molar-refractivity contribution in [1.29, 1.82) is 0 Å². The highest BCUT2D eigenvalue weighted by atomic mass is 16.2. The molecule has 23 heavy (non-hydrogen) atoms. The van der Waals surface area contributed by atoms with Crippen molar-refractivity contribution < 1.29 is 19.2 Å². The molecular formula is C16H21N3O4. The molecule has 0 bridgehead atoms. The highest BCUT2D eigenvalue weighted by molar-refractivity contribution is 6.36. The van der Waals surface area contributed by atoms with Crippen molar-refractivity contribution in [3.8, 4) is 0 Å². The van der Waals surface area contributed by atoms with Crippen LogP contribution in [0.4, 0.5) is 0 Å². The molecule has 0 spiro atoms. The number of Topliss-reactive ketones (excluding diaryl/α,β-unsaturated/α-hetero) is 1. The normalized spacial score (nSPS) is 11.3. The number of hydrogen-bond donors (Lipinski definition) is 3. The summed E-state index contributed by atoms with van der Waals surface area (Å²) in [5.74, 6) is -2.68. The Kier molecular flexibility index (Phi) is 7.45. The number of unbranched alkanes of at least 4 members (excludes halogenated alkanes) is 1. The van der Waals surface area contributed by atoms with Gasteiger partial charge in [-0.3, -0.25) is 19.2 Å². The van der Waals surface area contributed by atoms with Crippen LogP contribution in [-0.4, -0.2) is 30.0 Å². The van der Waals surface area contributed by atoms with Gasteiger partial charge in [-0.25, -0.2) is 0 Å². The van der Waals surface area contributed by atoms with E-state index in [0.717, 1.165) is 6.42 Å². The van der Waals surface area contributed by atoms with Crippen molar-refractivity contribution in [3.05, 3.63) is 35.9 Å². The van der Waals surface area contributed by atoms with Gasteiger partial charge in [0, 0.05) is 6.42 Å². The van der Waals surface area contributed by atoms with Crippen LogP contribution < -0.4 is 16.4 Å². The van der Waals surface area contributed by atoms with Crippen LogP contribution in [0.2, 0.25) is 0 Å². The van der Waals surface area contributed by atoms with Crippen LogP contribution in [-0.2, 0) is 19.2 Å². The minimum Gasteiger partial charge on any atom is -0.368 e. The maximum absolute atomic E-state index is 11.8. The number of ketones is 1. The molecule has 0 saturated carbocycles. The average Bonchev–Trinajstić information content (AvgIpc) is 2.55. The van der Waals surface area contributed by atoms with Crippen molar-refractivity contribution in [3.63, 3.8) is 0 Å². The zero-order chi connectivity index (χ0) is 17.2. The lowest BCUT2D eigenvalue weighted by Gasteiger charge is -2.16. The van der Waals surface area contributed by atoms with Gasteiger partial charge in [-0.2, -0.15) is 0 Å². The first-order chi connectivity index (χ1) is 11.0. The van der Waals surface area contributed by atoms with E-state index >= 15 is 0 Å². The summed E-state index contributed by atoms with van der Waals surface area (Å²) in [5.41, 5.74) is 5.82. The van der Waals surface area contributed by atoms with Gasteiger partial charge in [0.2, 0.25) is 17.6 Å². The van der Waals surface area contributed by atoms with E-state index in [9.17, 15) is 19.2 Å². The first kappa shape index (κ1) is 18.3. The van der Waals surface area contributed by atoms with Crippen LogP contribution in [0.3, 0.4) is 0 Å². The first-order valence-electron chi connectivity index (χ1n) is 7.40. The average molecular weight is 319 g/mol. The topological polar surface area (TPSA) is 118 Å². The molecule has 1 aromatic rings. The van der Waals surface area contributed by atoms with Crippen LogP contribution >= 0.6 is 0 Å². The number of benzene rings is 1. The SMILES string of the molecule is CCCCC(=O)C(=O)NCC(=O)NC(C(N)=O)c1ccccc1. The number of nitrogens with two attached hydrogens (primary N) is 1. The molecule has 4 N–H and O–H groups in total. The third kappa shape index (κ3) is 6.29. The van der Waals surface area contributed by atoms with Gasteiger partial charge in [0.15, 0.2) is 0 Å². The van der Waals surface area contributed by atoms with Gasteiger partial charge in [-0.05, 0) is 12.0 Å². The van der Waals surface area contributed by atoms with Crippen LogP contribution in [0.1, 0.15) is 37.8 Å². The predicted octanol–water partition coefficient (Wildman–Crippen LogP) is 0.205. The summed E-state index contributed by atoms with van der Waals surface area (Å²) < 4.78 is 0. The molecule has 1 aromatic carbocycles. The van der Waals surface area contributed by atoms with E-state index in [1.54, 1.807) is 30.3 Å². The lowest BCUT2D eigenvalue weighted by atomic mass is 10.1. The third-order valence-corrected chi connectivity index (χ3v) is 3.14. The number of hydrogen-bond acceptors (Lipinski definition) is 4. The molecule has 0 aliphatic heterocycles. The Labute approximate surface area is 134 Å². The summed E-state index contributed by atoms with van der Waals surface area (Å²) >= 11 is 0. The van der Waals surface area contributed by atoms with Crippen molar-refractivity contribution in [2.45, 2.75) is 32.2 Å². The van der Waals surface area contributed by atoms with Crippen LogP contribution in [0.25, 0.3) is 0 Å². The molecule has 0 aliphatic rings. The van der Waals surface area contributed by atoms with Crippen molar-refractivity contribution in [2.24, 2.45) is 5.73 Å². The lowest BCUT2D eigenvalue weighted by molar-refractivity contribution is -0.138. The van der Waals surface area contributed by atoms with E-state index in [1.165, 1.54) is 0 Å². The zero-order valence-electron chi connectivity index (χ0n) is 13.0. The van der Waals surface area contributed by atoms with Gasteiger partial charge < -0.3 is 16.4 Å². The van der Waals surface area contributed by atoms with E-state index in [1.807, 2.05) is 6.92 Å². The van der Waals surface area contributed by atoms with E-state index < -0.39 is 36.1 Å². The second-order valence-corrected chi connectivity index (χ2v) is 5.02. The highest BCUT2D eigenvalue weighted by Crippen LogP contribution is 2.11. The number of nitrogens with one attached hydrogen (secondary N) is 2. The summed E-state index contributed by atoms with van der Waals surface area (Å²) in [6, 6.07) is 7.52. The molecule has 7 heteroatoms. The molecule has 0 fully saturated rings. The van der Waals surface area contributed by atoms with Gasteiger partial charge in [0.25, 0.3) is 5.91 Å². The Morgan fingerprint density at radius 2 is 1.78 bits per heavy atom. The number of carbonyl (C=O) groups is 4. The van der Waals surface area contributed by atoms with E-state index in [0.29, 0.717) is 12.0 Å². The second kappa shape index (κ2) is 9.34. The van der Waals surface area contributed by atoms with Crippen molar-refractivity contribution >= 4 is 23.5 Å². The fraction of sp³-hybridized carbons (Fsp3) is 0.375. The van der Waals surface area contributed by atoms with Gasteiger partial charge in [-0.15, -0.1) is 0 Å². The summed E-state index contributed by atoms with van der Waals surface area (Å²) in [4.78, 5) is 46.3. The summed E-state index contributed by atoms with van der Waals surface area (Å²) in [7, 11) is 0. The Balaban J connectivity index is 2.53. The molecule has 0 aliphatic carbocycles. The fourth-order valence-electron chi connectivity index (χ4n) is 1.89. The predicted molar refractivity (Wildman–Crippen MR) is 84.1 cm³/mol. The minimum absolute atomic E-state index is 0.151. The number of amides is 3. The zero-order valence-corrected chi connectivity index (χ0v) is 13.0. The highest BCUT2D eigenvalue weighted by Gasteiger charge is 2.21. The van der Waals surface area contributed by atoms with Crippen LogP contribution in [0.5, 0.6) is 0 Å². The van der Waals surface area contributed by atoms with Crippen molar-refractivity contribution in [1.82, 2.24) is 10.6 Å². The molecule has 0 heterocycles. The Morgan fingerprint density at radius 1 is 1.13 bits per heavy atom. The number of carbonyl (C=O) groups excluding carboxylic acids is 4. The standard InChI is InChI=1S/C16H21N3O4/c1-2-3-9-12(20)16(23)18-10-13(21)19-14(15(17)22)11-7-5-4-6-8-11/h4-8,14H,2-3,9-10H2,1H3,(H2,17,22)(H,18,23)(H,19,21). The molecule has 124 valence electrons. The molecule has 0 aromatic heterocycles. The smallest absolute Gasteiger partial charge is 0.287 e. The number of rotatable bonds is 9. The molecule has 3 amide bonds. The van der Waals surface area contributed by atoms with Gasteiger partial charge in [-0.1, -0.05) is 43.7 Å². The van der Waals surface area contributed by atoms with E-state index in [-0.39, 0.29) is 6.42 Å². The molecule has 0 saturated heterocycles. The van der Waals surface area contributed by atoms with Crippen molar-refractivity contribution in [2.75, 3.05) is 6.54 Å². The van der Waals surface area contributed by atoms with E-state index in [4.69, 9.17) is 5.73 Å². The Morgan fingerprint density at radius 3 is 2.35 bits per heavy atom. The molecular weight excluding hydrogens is 298 g/mol. The van der Waals surface area contributed by atoms with Gasteiger partial charge in [0.05, 0.1) is 6.54 Å². The largest absolute Gasteiger partial charge is 0.368 e. The van der Waals surface area contributed by atoms with Crippen LogP contribution in [0, 0.1) is 0 Å². The van der Waals surface area contributed by atoms with Crippen LogP contribution in [0.15, 0.2) is 30.3 Å². The summed E-state index contributed by atoms with van der Waals surface area (Å²) in [5, 5.41) is 4.66. The monoisotopic (exact) mass is 319 g/mol. The van der Waals surface area contributed by atoms with Gasteiger partial charge >= 0.3 is 0 Å². The third-order valence-electron chi connectivity index (χ3n) is 3.14. The summed E-state index contributed by atoms with van der Waals surface area (Å²) in [6.07, 6.45) is 1.57. The molecule has 1 atom stereocenters. The lowest BCUT2D eigenvalue weighted by Crippen LogP contribution is -2.44. The Hall–Kier alpha value is -2.70. The molecule has 7 nitrogen and oxygen atoms in total. The number of primary amides is 1. The molecule has 1 rings (SSSR count). The maximum Gasteiger partial charge on any atom is 0.287 e. The van der Waals surface area contributed by atoms with E-state index in [2.05, 4.69) is 10.6 Å². The maximum atomic E-state index is 11.8. The summed E-state index contributed by atoms with van der Waals surface area (Å²) in [6.45, 7) is 1.51.